The smallest absolute Gasteiger partial charge is 0.0697 e. The van der Waals surface area contributed by atoms with Crippen LogP contribution in [0.3, 0.4) is 0 Å². The summed E-state index contributed by atoms with van der Waals surface area (Å²) in [5.41, 5.74) is 6.14. The molecule has 1 heterocycles. The van der Waals surface area contributed by atoms with Gasteiger partial charge >= 0.3 is 0 Å². The second-order valence-electron chi connectivity index (χ2n) is 4.41. The van der Waals surface area contributed by atoms with E-state index in [1.54, 1.807) is 0 Å². The van der Waals surface area contributed by atoms with Crippen molar-refractivity contribution in [3.8, 4) is 0 Å². The van der Waals surface area contributed by atoms with Crippen molar-refractivity contribution in [2.45, 2.75) is 44.6 Å². The van der Waals surface area contributed by atoms with E-state index >= 15 is 0 Å². The van der Waals surface area contributed by atoms with Crippen LogP contribution in [0.25, 0.3) is 0 Å². The molecule has 0 amide bonds. The molecule has 1 spiro atoms. The third kappa shape index (κ3) is 2.36. The lowest BCUT2D eigenvalue weighted by molar-refractivity contribution is -0.0554. The van der Waals surface area contributed by atoms with E-state index in [-0.39, 0.29) is 12.4 Å². The second-order valence-corrected chi connectivity index (χ2v) is 4.41. The maximum atomic E-state index is 5.74. The Morgan fingerprint density at radius 2 is 1.92 bits per heavy atom. The summed E-state index contributed by atoms with van der Waals surface area (Å²) < 4.78 is 5.74. The summed E-state index contributed by atoms with van der Waals surface area (Å²) in [6.45, 7) is 1.69. The summed E-state index contributed by atoms with van der Waals surface area (Å²) in [7, 11) is 0. The van der Waals surface area contributed by atoms with Gasteiger partial charge in [-0.1, -0.05) is 12.8 Å². The normalized spacial score (nSPS) is 31.6. The highest BCUT2D eigenvalue weighted by Gasteiger charge is 2.37. The van der Waals surface area contributed by atoms with Crippen molar-refractivity contribution in [3.63, 3.8) is 0 Å². The highest BCUT2D eigenvalue weighted by atomic mass is 35.5. The first-order valence-electron chi connectivity index (χ1n) is 5.16. The predicted molar refractivity (Wildman–Crippen MR) is 56.2 cm³/mol. The minimum atomic E-state index is 0. The third-order valence-corrected chi connectivity index (χ3v) is 3.55. The molecule has 1 atom stereocenters. The van der Waals surface area contributed by atoms with E-state index in [2.05, 4.69) is 0 Å². The van der Waals surface area contributed by atoms with Crippen molar-refractivity contribution in [1.29, 1.82) is 0 Å². The lowest BCUT2D eigenvalue weighted by Gasteiger charge is -2.36. The summed E-state index contributed by atoms with van der Waals surface area (Å²) in [6, 6.07) is 0. The molecule has 2 N–H and O–H groups in total. The highest BCUT2D eigenvalue weighted by Crippen LogP contribution is 2.44. The quantitative estimate of drug-likeness (QED) is 0.712. The van der Waals surface area contributed by atoms with E-state index in [0.717, 1.165) is 6.61 Å². The minimum absolute atomic E-state index is 0. The largest absolute Gasteiger partial charge is 0.376 e. The zero-order valence-corrected chi connectivity index (χ0v) is 8.94. The van der Waals surface area contributed by atoms with E-state index < -0.39 is 0 Å². The first-order valence-corrected chi connectivity index (χ1v) is 5.16. The Kier molecular flexibility index (Phi) is 4.02. The molecule has 1 unspecified atom stereocenters. The van der Waals surface area contributed by atoms with Gasteiger partial charge in [-0.05, 0) is 31.1 Å². The highest BCUT2D eigenvalue weighted by molar-refractivity contribution is 5.85. The van der Waals surface area contributed by atoms with Crippen molar-refractivity contribution in [1.82, 2.24) is 0 Å². The monoisotopic (exact) mass is 205 g/mol. The van der Waals surface area contributed by atoms with Gasteiger partial charge in [-0.2, -0.15) is 0 Å². The summed E-state index contributed by atoms with van der Waals surface area (Å²) >= 11 is 0. The molecular weight excluding hydrogens is 186 g/mol. The molecule has 1 saturated carbocycles. The molecule has 0 radical (unpaired) electrons. The molecule has 2 nitrogen and oxygen atoms in total. The van der Waals surface area contributed by atoms with E-state index in [9.17, 15) is 0 Å². The molecule has 1 aliphatic heterocycles. The van der Waals surface area contributed by atoms with Gasteiger partial charge in [-0.25, -0.2) is 0 Å². The van der Waals surface area contributed by atoms with Crippen LogP contribution in [0.2, 0.25) is 0 Å². The molecule has 2 rings (SSSR count). The predicted octanol–water partition coefficient (Wildman–Crippen LogP) is 2.11. The summed E-state index contributed by atoms with van der Waals surface area (Å²) in [5.74, 6) is 0. The topological polar surface area (TPSA) is 35.2 Å². The summed E-state index contributed by atoms with van der Waals surface area (Å²) in [5, 5.41) is 0. The zero-order valence-electron chi connectivity index (χ0n) is 8.13. The maximum absolute atomic E-state index is 5.74. The van der Waals surface area contributed by atoms with Gasteiger partial charge in [0.15, 0.2) is 0 Å². The number of nitrogens with two attached hydrogens (primary N) is 1. The molecular formula is C10H20ClNO. The van der Waals surface area contributed by atoms with Crippen LogP contribution in [0, 0.1) is 5.41 Å². The van der Waals surface area contributed by atoms with Crippen molar-refractivity contribution >= 4 is 12.4 Å². The van der Waals surface area contributed by atoms with Gasteiger partial charge in [0.1, 0.15) is 0 Å². The molecule has 0 bridgehead atoms. The number of rotatable bonds is 1. The van der Waals surface area contributed by atoms with Crippen LogP contribution < -0.4 is 5.73 Å². The van der Waals surface area contributed by atoms with Gasteiger partial charge in [0, 0.05) is 6.54 Å². The van der Waals surface area contributed by atoms with E-state index in [4.69, 9.17) is 10.5 Å². The van der Waals surface area contributed by atoms with E-state index in [0.29, 0.717) is 18.1 Å². The van der Waals surface area contributed by atoms with Crippen LogP contribution in [-0.2, 0) is 4.74 Å². The fourth-order valence-electron chi connectivity index (χ4n) is 2.62. The van der Waals surface area contributed by atoms with Crippen LogP contribution in [0.1, 0.15) is 38.5 Å². The second kappa shape index (κ2) is 4.63. The van der Waals surface area contributed by atoms with Crippen molar-refractivity contribution in [2.24, 2.45) is 11.1 Å². The third-order valence-electron chi connectivity index (χ3n) is 3.55. The molecule has 2 fully saturated rings. The van der Waals surface area contributed by atoms with Gasteiger partial charge in [0.2, 0.25) is 0 Å². The van der Waals surface area contributed by atoms with Crippen LogP contribution in [-0.4, -0.2) is 19.3 Å². The van der Waals surface area contributed by atoms with Gasteiger partial charge < -0.3 is 10.5 Å². The summed E-state index contributed by atoms with van der Waals surface area (Å²) in [6.07, 6.45) is 8.52. The van der Waals surface area contributed by atoms with Gasteiger partial charge in [-0.3, -0.25) is 0 Å². The van der Waals surface area contributed by atoms with Crippen LogP contribution in [0.4, 0.5) is 0 Å². The Morgan fingerprint density at radius 1 is 1.23 bits per heavy atom. The van der Waals surface area contributed by atoms with Gasteiger partial charge in [-0.15, -0.1) is 12.4 Å². The molecule has 78 valence electrons. The average Bonchev–Trinajstić information content (AvgIpc) is 2.55. The number of hydrogen-bond acceptors (Lipinski definition) is 2. The number of halogens is 1. The lowest BCUT2D eigenvalue weighted by atomic mass is 9.80. The Hall–Kier alpha value is 0.210. The zero-order chi connectivity index (χ0) is 8.44. The number of ether oxygens (including phenoxy) is 1. The molecule has 0 aromatic heterocycles. The molecule has 13 heavy (non-hydrogen) atoms. The van der Waals surface area contributed by atoms with Crippen molar-refractivity contribution in [2.75, 3.05) is 13.2 Å². The molecule has 1 aliphatic carbocycles. The lowest BCUT2D eigenvalue weighted by Crippen LogP contribution is -2.37. The molecule has 2 aliphatic rings. The molecule has 0 aromatic carbocycles. The Balaban J connectivity index is 0.000000845. The Bertz CT molecular complexity index is 147. The Morgan fingerprint density at radius 3 is 2.38 bits per heavy atom. The Labute approximate surface area is 86.6 Å². The van der Waals surface area contributed by atoms with E-state index in [1.165, 1.54) is 38.5 Å². The van der Waals surface area contributed by atoms with Crippen molar-refractivity contribution < 1.29 is 4.74 Å². The van der Waals surface area contributed by atoms with Crippen LogP contribution in [0.5, 0.6) is 0 Å². The fraction of sp³-hybridized carbons (Fsp3) is 1.00. The maximum Gasteiger partial charge on any atom is 0.0697 e. The van der Waals surface area contributed by atoms with E-state index in [1.807, 2.05) is 0 Å². The standard InChI is InChI=1S/C10H19NO.ClH/c11-7-9-3-6-10(8-12-9)4-1-2-5-10;/h9H,1-8,11H2;1H. The molecule has 1 saturated heterocycles. The van der Waals surface area contributed by atoms with Crippen molar-refractivity contribution in [3.05, 3.63) is 0 Å². The van der Waals surface area contributed by atoms with Gasteiger partial charge in [0.05, 0.1) is 12.7 Å². The minimum Gasteiger partial charge on any atom is -0.376 e. The van der Waals surface area contributed by atoms with Crippen LogP contribution >= 0.6 is 12.4 Å². The SMILES string of the molecule is Cl.NCC1CCC2(CCCC2)CO1. The fourth-order valence-corrected chi connectivity index (χ4v) is 2.62. The average molecular weight is 206 g/mol. The molecule has 3 heteroatoms. The molecule has 0 aromatic rings. The first-order chi connectivity index (χ1) is 5.85. The van der Waals surface area contributed by atoms with Gasteiger partial charge in [0.25, 0.3) is 0 Å². The van der Waals surface area contributed by atoms with Crippen LogP contribution in [0.15, 0.2) is 0 Å². The number of hydrogen-bond donors (Lipinski definition) is 1. The first kappa shape index (κ1) is 11.3. The summed E-state index contributed by atoms with van der Waals surface area (Å²) in [4.78, 5) is 0.